The molecule has 0 amide bonds. The van der Waals surface area contributed by atoms with Crippen LogP contribution in [0.5, 0.6) is 0 Å². The number of aryl methyl sites for hydroxylation is 1. The van der Waals surface area contributed by atoms with Crippen LogP contribution in [0.25, 0.3) is 0 Å². The quantitative estimate of drug-likeness (QED) is 0.942. The predicted octanol–water partition coefficient (Wildman–Crippen LogP) is 3.17. The van der Waals surface area contributed by atoms with Crippen molar-refractivity contribution in [1.29, 1.82) is 0 Å². The summed E-state index contributed by atoms with van der Waals surface area (Å²) >= 11 is 6.60. The van der Waals surface area contributed by atoms with E-state index < -0.39 is 0 Å². The Labute approximate surface area is 111 Å². The first-order chi connectivity index (χ1) is 7.70. The van der Waals surface area contributed by atoms with Crippen molar-refractivity contribution in [2.45, 2.75) is 25.8 Å². The van der Waals surface area contributed by atoms with Crippen molar-refractivity contribution in [3.05, 3.63) is 31.4 Å². The fourth-order valence-corrected chi connectivity index (χ4v) is 3.79. The van der Waals surface area contributed by atoms with E-state index in [1.54, 1.807) is 11.3 Å². The minimum Gasteiger partial charge on any atom is -0.323 e. The summed E-state index contributed by atoms with van der Waals surface area (Å²) in [7, 11) is 0. The third kappa shape index (κ3) is 2.68. The van der Waals surface area contributed by atoms with Gasteiger partial charge < -0.3 is 5.73 Å². The average Bonchev–Trinajstić information content (AvgIpc) is 2.86. The van der Waals surface area contributed by atoms with Gasteiger partial charge in [0.25, 0.3) is 0 Å². The molecule has 2 aromatic heterocycles. The van der Waals surface area contributed by atoms with Crippen LogP contribution in [-0.2, 0) is 12.8 Å². The summed E-state index contributed by atoms with van der Waals surface area (Å²) in [6.07, 6.45) is 1.75. The summed E-state index contributed by atoms with van der Waals surface area (Å²) in [5.74, 6) is 0. The molecule has 0 aliphatic heterocycles. The fourth-order valence-electron chi connectivity index (χ4n) is 1.51. The maximum Gasteiger partial charge on any atom is 0.0801 e. The molecule has 2 N–H and O–H groups in total. The van der Waals surface area contributed by atoms with Crippen LogP contribution in [0.3, 0.4) is 0 Å². The van der Waals surface area contributed by atoms with Crippen molar-refractivity contribution in [3.8, 4) is 0 Å². The van der Waals surface area contributed by atoms with Gasteiger partial charge in [-0.15, -0.1) is 16.4 Å². The zero-order valence-corrected chi connectivity index (χ0v) is 12.0. The largest absolute Gasteiger partial charge is 0.323 e. The van der Waals surface area contributed by atoms with Gasteiger partial charge in [-0.3, -0.25) is 0 Å². The third-order valence-corrected chi connectivity index (χ3v) is 4.85. The van der Waals surface area contributed by atoms with Crippen LogP contribution >= 0.6 is 38.8 Å². The first-order valence-electron chi connectivity index (χ1n) is 5.01. The maximum absolute atomic E-state index is 6.18. The molecule has 86 valence electrons. The highest BCUT2D eigenvalue weighted by molar-refractivity contribution is 9.11. The molecule has 2 rings (SSSR count). The zero-order valence-electron chi connectivity index (χ0n) is 8.81. The molecule has 1 atom stereocenters. The van der Waals surface area contributed by atoms with Gasteiger partial charge in [0, 0.05) is 17.3 Å². The van der Waals surface area contributed by atoms with Crippen molar-refractivity contribution < 1.29 is 0 Å². The molecule has 0 aromatic carbocycles. The van der Waals surface area contributed by atoms with E-state index >= 15 is 0 Å². The van der Waals surface area contributed by atoms with Crippen LogP contribution in [0.1, 0.15) is 28.4 Å². The first kappa shape index (κ1) is 12.2. The highest BCUT2D eigenvalue weighted by Gasteiger charge is 2.15. The summed E-state index contributed by atoms with van der Waals surface area (Å²) in [6.45, 7) is 2.08. The van der Waals surface area contributed by atoms with Crippen molar-refractivity contribution >= 4 is 38.8 Å². The van der Waals surface area contributed by atoms with Crippen molar-refractivity contribution in [3.63, 3.8) is 0 Å². The normalized spacial score (nSPS) is 12.9. The van der Waals surface area contributed by atoms with Crippen LogP contribution in [0.2, 0.25) is 0 Å². The Morgan fingerprint density at radius 2 is 2.31 bits per heavy atom. The van der Waals surface area contributed by atoms with Gasteiger partial charge in [-0.25, -0.2) is 0 Å². The Hall–Kier alpha value is -0.300. The van der Waals surface area contributed by atoms with Crippen LogP contribution in [-0.4, -0.2) is 9.59 Å². The third-order valence-electron chi connectivity index (χ3n) is 2.31. The summed E-state index contributed by atoms with van der Waals surface area (Å²) in [4.78, 5) is 2.40. The zero-order chi connectivity index (χ0) is 11.5. The lowest BCUT2D eigenvalue weighted by atomic mass is 10.1. The lowest BCUT2D eigenvalue weighted by Crippen LogP contribution is -2.13. The maximum atomic E-state index is 6.18. The molecule has 1 unspecified atom stereocenters. The van der Waals surface area contributed by atoms with Crippen molar-refractivity contribution in [2.24, 2.45) is 5.73 Å². The van der Waals surface area contributed by atoms with Crippen LogP contribution in [0, 0.1) is 0 Å². The molecule has 0 spiro atoms. The van der Waals surface area contributed by atoms with Gasteiger partial charge in [0.05, 0.1) is 14.4 Å². The molecule has 0 aliphatic carbocycles. The Bertz CT molecular complexity index is 466. The SMILES string of the molecule is CCc1nnsc1C(N)Cc1ccc(Br)s1. The number of aromatic nitrogens is 2. The van der Waals surface area contributed by atoms with Gasteiger partial charge in [0.2, 0.25) is 0 Å². The number of nitrogens with zero attached hydrogens (tertiary/aromatic N) is 2. The standard InChI is InChI=1S/C10H12BrN3S2/c1-2-8-10(16-14-13-8)7(12)5-6-3-4-9(11)15-6/h3-4,7H,2,5,12H2,1H3. The van der Waals surface area contributed by atoms with Gasteiger partial charge >= 0.3 is 0 Å². The van der Waals surface area contributed by atoms with Crippen molar-refractivity contribution in [2.75, 3.05) is 0 Å². The summed E-state index contributed by atoms with van der Waals surface area (Å²) < 4.78 is 5.11. The highest BCUT2D eigenvalue weighted by atomic mass is 79.9. The highest BCUT2D eigenvalue weighted by Crippen LogP contribution is 2.28. The second-order valence-electron chi connectivity index (χ2n) is 3.45. The second kappa shape index (κ2) is 5.35. The molecular formula is C10H12BrN3S2. The van der Waals surface area contributed by atoms with E-state index in [9.17, 15) is 0 Å². The van der Waals surface area contributed by atoms with Crippen LogP contribution < -0.4 is 5.73 Å². The monoisotopic (exact) mass is 317 g/mol. The van der Waals surface area contributed by atoms with E-state index in [4.69, 9.17) is 5.73 Å². The van der Waals surface area contributed by atoms with Gasteiger partial charge in [-0.1, -0.05) is 11.4 Å². The fraction of sp³-hybridized carbons (Fsp3) is 0.400. The molecule has 0 fully saturated rings. The molecule has 0 aliphatic rings. The minimum absolute atomic E-state index is 0.0144. The molecule has 0 saturated heterocycles. The number of thiophene rings is 1. The van der Waals surface area contributed by atoms with Crippen LogP contribution in [0.4, 0.5) is 0 Å². The molecule has 3 nitrogen and oxygen atoms in total. The number of nitrogens with two attached hydrogens (primary N) is 1. The van der Waals surface area contributed by atoms with Crippen LogP contribution in [0.15, 0.2) is 15.9 Å². The topological polar surface area (TPSA) is 51.8 Å². The van der Waals surface area contributed by atoms with E-state index in [1.165, 1.54) is 16.4 Å². The Morgan fingerprint density at radius 3 is 2.94 bits per heavy atom. The first-order valence-corrected chi connectivity index (χ1v) is 7.40. The number of hydrogen-bond donors (Lipinski definition) is 1. The van der Waals surface area contributed by atoms with Gasteiger partial charge in [0.1, 0.15) is 0 Å². The molecular weight excluding hydrogens is 306 g/mol. The Balaban J connectivity index is 2.11. The molecule has 6 heteroatoms. The lowest BCUT2D eigenvalue weighted by molar-refractivity contribution is 0.730. The second-order valence-corrected chi connectivity index (χ2v) is 6.79. The summed E-state index contributed by atoms with van der Waals surface area (Å²) in [6, 6.07) is 4.17. The van der Waals surface area contributed by atoms with E-state index in [2.05, 4.69) is 44.6 Å². The molecule has 0 bridgehead atoms. The minimum atomic E-state index is 0.0144. The molecule has 16 heavy (non-hydrogen) atoms. The van der Waals surface area contributed by atoms with E-state index in [-0.39, 0.29) is 6.04 Å². The van der Waals surface area contributed by atoms with Gasteiger partial charge in [-0.05, 0) is 46.0 Å². The van der Waals surface area contributed by atoms with E-state index in [0.29, 0.717) is 0 Å². The molecule has 0 radical (unpaired) electrons. The lowest BCUT2D eigenvalue weighted by Gasteiger charge is -2.08. The van der Waals surface area contributed by atoms with Gasteiger partial charge in [0.15, 0.2) is 0 Å². The average molecular weight is 318 g/mol. The van der Waals surface area contributed by atoms with Crippen molar-refractivity contribution in [1.82, 2.24) is 9.59 Å². The number of halogens is 1. The predicted molar refractivity (Wildman–Crippen MR) is 71.9 cm³/mol. The summed E-state index contributed by atoms with van der Waals surface area (Å²) in [5, 5.41) is 4.09. The molecule has 0 saturated carbocycles. The van der Waals surface area contributed by atoms with Gasteiger partial charge in [-0.2, -0.15) is 0 Å². The molecule has 2 heterocycles. The van der Waals surface area contributed by atoms with E-state index in [0.717, 1.165) is 27.2 Å². The number of rotatable bonds is 4. The number of hydrogen-bond acceptors (Lipinski definition) is 5. The smallest absolute Gasteiger partial charge is 0.0801 e. The Kier molecular flexibility index (Phi) is 4.07. The summed E-state index contributed by atoms with van der Waals surface area (Å²) in [5.41, 5.74) is 7.21. The van der Waals surface area contributed by atoms with E-state index in [1.807, 2.05) is 0 Å². The Morgan fingerprint density at radius 1 is 1.50 bits per heavy atom. The molecule has 2 aromatic rings.